The number of imidazole rings is 2. The number of fused-ring (bicyclic) bond motifs is 5. The Morgan fingerprint density at radius 2 is 1.49 bits per heavy atom. The Hall–Kier alpha value is -3.24. The Balaban J connectivity index is 1.21. The van der Waals surface area contributed by atoms with Crippen LogP contribution in [0.15, 0.2) is 23.8 Å². The molecule has 7 rings (SSSR count). The van der Waals surface area contributed by atoms with Crippen LogP contribution in [-0.4, -0.2) is 109 Å². The van der Waals surface area contributed by atoms with Crippen molar-refractivity contribution in [3.05, 3.63) is 35.2 Å². The average molecular weight is 673 g/mol. The van der Waals surface area contributed by atoms with Gasteiger partial charge in [0.1, 0.15) is 54.3 Å². The fourth-order valence-electron chi connectivity index (χ4n) is 5.39. The number of nitrogens with zero attached hydrogens (tertiary/aromatic N) is 7. The lowest BCUT2D eigenvalue weighted by atomic mass is 10.1. The second kappa shape index (κ2) is 10.9. The molecule has 3 aliphatic rings. The Bertz CT molecular complexity index is 1930. The summed E-state index contributed by atoms with van der Waals surface area (Å²) in [6, 6.07) is 0. The van der Waals surface area contributed by atoms with Crippen molar-refractivity contribution in [2.45, 2.75) is 56.0 Å². The van der Waals surface area contributed by atoms with Gasteiger partial charge >= 0.3 is 15.6 Å². The number of nitrogens with two attached hydrogens (primary N) is 1. The number of aliphatic hydroxyl groups is 2. The lowest BCUT2D eigenvalue weighted by Crippen LogP contribution is -2.36. The van der Waals surface area contributed by atoms with Crippen LogP contribution in [0.25, 0.3) is 22.3 Å². The van der Waals surface area contributed by atoms with Gasteiger partial charge < -0.3 is 40.2 Å². The minimum atomic E-state index is -5.09. The highest BCUT2D eigenvalue weighted by Gasteiger charge is 2.54. The van der Waals surface area contributed by atoms with Gasteiger partial charge in [-0.3, -0.25) is 32.0 Å². The summed E-state index contributed by atoms with van der Waals surface area (Å²) in [5.74, 6) is 0.256. The zero-order valence-electron chi connectivity index (χ0n) is 22.8. The number of aromatic amines is 1. The minimum absolute atomic E-state index is 0.00383. The number of aryl methyl sites for hydroxylation is 1. The average Bonchev–Trinajstić information content (AvgIpc) is 3.72. The Morgan fingerprint density at radius 1 is 0.867 bits per heavy atom. The van der Waals surface area contributed by atoms with E-state index in [4.69, 9.17) is 33.3 Å². The van der Waals surface area contributed by atoms with E-state index < -0.39 is 83.5 Å². The van der Waals surface area contributed by atoms with Crippen molar-refractivity contribution in [3.8, 4) is 0 Å². The molecule has 3 fully saturated rings. The number of aliphatic hydroxyl groups excluding tert-OH is 2. The van der Waals surface area contributed by atoms with E-state index in [2.05, 4.69) is 29.9 Å². The molecule has 0 spiro atoms. The van der Waals surface area contributed by atoms with Crippen molar-refractivity contribution in [2.24, 2.45) is 0 Å². The zero-order valence-corrected chi connectivity index (χ0v) is 24.6. The van der Waals surface area contributed by atoms with Crippen LogP contribution in [0.1, 0.15) is 18.3 Å². The number of nitrogen functional groups attached to an aromatic ring is 1. The molecule has 0 saturated carbocycles. The van der Waals surface area contributed by atoms with Crippen LogP contribution in [0.3, 0.4) is 0 Å². The van der Waals surface area contributed by atoms with Crippen LogP contribution < -0.4 is 11.3 Å². The maximum Gasteiger partial charge on any atom is 0.472 e. The predicted molar refractivity (Wildman–Crippen MR) is 144 cm³/mol. The molecule has 22 nitrogen and oxygen atoms in total. The first-order valence-electron chi connectivity index (χ1n) is 13.2. The molecular formula is C21H25N9O13P2. The van der Waals surface area contributed by atoms with Gasteiger partial charge in [-0.1, -0.05) is 0 Å². The van der Waals surface area contributed by atoms with E-state index >= 15 is 0 Å². The van der Waals surface area contributed by atoms with Crippen LogP contribution in [0, 0.1) is 6.92 Å². The Labute approximate surface area is 249 Å². The van der Waals surface area contributed by atoms with Gasteiger partial charge in [0, 0.05) is 0 Å². The summed E-state index contributed by atoms with van der Waals surface area (Å²) in [6.07, 6.45) is -8.94. The number of aromatic nitrogens is 8. The highest BCUT2D eigenvalue weighted by atomic mass is 31.2. The number of phosphoric ester groups is 2. The summed E-state index contributed by atoms with van der Waals surface area (Å²) in [5.41, 5.74) is 5.49. The lowest BCUT2D eigenvalue weighted by molar-refractivity contribution is -0.0672. The highest BCUT2D eigenvalue weighted by Crippen LogP contribution is 2.53. The number of hydrogen-bond acceptors (Lipinski definition) is 17. The second-order valence-electron chi connectivity index (χ2n) is 10.3. The maximum absolute atomic E-state index is 13.2. The predicted octanol–water partition coefficient (Wildman–Crippen LogP) is -1.62. The molecule has 45 heavy (non-hydrogen) atoms. The molecule has 4 aromatic rings. The van der Waals surface area contributed by atoms with Gasteiger partial charge in [-0.15, -0.1) is 0 Å². The molecule has 4 unspecified atom stereocenters. The molecule has 3 saturated heterocycles. The van der Waals surface area contributed by atoms with Gasteiger partial charge in [0.15, 0.2) is 35.1 Å². The number of hydrogen-bond donors (Lipinski definition) is 6. The first-order valence-corrected chi connectivity index (χ1v) is 16.2. The number of phosphoric acid groups is 2. The van der Waals surface area contributed by atoms with Gasteiger partial charge in [0.2, 0.25) is 0 Å². The van der Waals surface area contributed by atoms with Crippen molar-refractivity contribution in [2.75, 3.05) is 18.9 Å². The number of ether oxygens (including phenoxy) is 2. The third-order valence-corrected chi connectivity index (χ3v) is 9.39. The molecule has 10 atom stereocenters. The van der Waals surface area contributed by atoms with Crippen LogP contribution in [-0.2, 0) is 36.7 Å². The van der Waals surface area contributed by atoms with Crippen LogP contribution >= 0.6 is 15.6 Å². The van der Waals surface area contributed by atoms with Crippen LogP contribution in [0.5, 0.6) is 0 Å². The smallest absolute Gasteiger partial charge is 0.387 e. The largest absolute Gasteiger partial charge is 0.472 e. The fraction of sp³-hybridized carbons (Fsp3) is 0.524. The SMILES string of the molecule is Cc1nc2c(ncn2[C@@H]2O[C@@H]3COP(=O)(O)O[C@@H]4C(O)[C@H](n5cnc6c(N)ncnc65)O[C@@H]4COP(=O)(O)OC2[C@H]3O)c(=O)[nH]1. The van der Waals surface area contributed by atoms with E-state index in [9.17, 15) is 33.9 Å². The van der Waals surface area contributed by atoms with Crippen molar-refractivity contribution in [1.82, 2.24) is 39.0 Å². The molecule has 0 amide bonds. The quantitative estimate of drug-likeness (QED) is 0.130. The topological polar surface area (TPSA) is 304 Å². The van der Waals surface area contributed by atoms with E-state index in [0.717, 1.165) is 12.7 Å². The monoisotopic (exact) mass is 673 g/mol. The van der Waals surface area contributed by atoms with E-state index in [0.29, 0.717) is 0 Å². The van der Waals surface area contributed by atoms with Gasteiger partial charge in [-0.25, -0.2) is 34.0 Å². The molecule has 4 aromatic heterocycles. The number of nitrogens with one attached hydrogen (secondary N) is 1. The summed E-state index contributed by atoms with van der Waals surface area (Å²) in [5, 5.41) is 22.2. The molecule has 0 radical (unpaired) electrons. The van der Waals surface area contributed by atoms with E-state index in [1.807, 2.05) is 0 Å². The first-order chi connectivity index (χ1) is 21.3. The molecule has 24 heteroatoms. The first kappa shape index (κ1) is 30.4. The van der Waals surface area contributed by atoms with Crippen molar-refractivity contribution in [3.63, 3.8) is 0 Å². The lowest BCUT2D eigenvalue weighted by Gasteiger charge is -2.25. The molecule has 242 valence electrons. The van der Waals surface area contributed by atoms with Gasteiger partial charge in [-0.05, 0) is 6.92 Å². The number of H-pyrrole nitrogens is 1. The van der Waals surface area contributed by atoms with E-state index in [1.54, 1.807) is 0 Å². The second-order valence-corrected chi connectivity index (χ2v) is 13.2. The summed E-state index contributed by atoms with van der Waals surface area (Å²) < 4.78 is 61.3. The maximum atomic E-state index is 13.2. The molecule has 2 bridgehead atoms. The molecule has 0 aromatic carbocycles. The van der Waals surface area contributed by atoms with Crippen LogP contribution in [0.4, 0.5) is 5.82 Å². The molecule has 0 aliphatic carbocycles. The molecule has 3 aliphatic heterocycles. The molecular weight excluding hydrogens is 648 g/mol. The Kier molecular flexibility index (Phi) is 7.39. The van der Waals surface area contributed by atoms with E-state index in [-0.39, 0.29) is 34.0 Å². The Morgan fingerprint density at radius 3 is 2.22 bits per heavy atom. The minimum Gasteiger partial charge on any atom is -0.387 e. The molecule has 7 N–H and O–H groups in total. The van der Waals surface area contributed by atoms with Gasteiger partial charge in [-0.2, -0.15) is 0 Å². The van der Waals surface area contributed by atoms with Crippen molar-refractivity contribution < 1.29 is 56.7 Å². The summed E-state index contributed by atoms with van der Waals surface area (Å²) in [4.78, 5) is 56.4. The number of anilines is 1. The summed E-state index contributed by atoms with van der Waals surface area (Å²) in [6.45, 7) is -0.0994. The van der Waals surface area contributed by atoms with E-state index in [1.165, 1.54) is 22.4 Å². The highest BCUT2D eigenvalue weighted by molar-refractivity contribution is 7.47. The van der Waals surface area contributed by atoms with Crippen molar-refractivity contribution >= 4 is 43.8 Å². The number of rotatable bonds is 2. The summed E-state index contributed by atoms with van der Waals surface area (Å²) >= 11 is 0. The zero-order chi connectivity index (χ0) is 31.8. The van der Waals surface area contributed by atoms with Crippen LogP contribution in [0.2, 0.25) is 0 Å². The van der Waals surface area contributed by atoms with Crippen molar-refractivity contribution in [1.29, 1.82) is 0 Å². The van der Waals surface area contributed by atoms with Gasteiger partial charge in [0.25, 0.3) is 5.56 Å². The fourth-order valence-corrected chi connectivity index (χ4v) is 7.29. The summed E-state index contributed by atoms with van der Waals surface area (Å²) in [7, 11) is -10.1. The third-order valence-electron chi connectivity index (χ3n) is 7.42. The standard InChI is InChI=1S/C21H25N9O13P2/c1-7-27-18-11(19(33)28-7)26-6-30(18)21-15-12(31)8(40-21)2-38-44(34,35)42-14-9(3-39-45(36,37)43-15)41-20(13(14)32)29-5-25-10-16(22)23-4-24-17(10)29/h4-6,8-9,12-15,20-21,31-32H,2-3H2,1H3,(H,34,35)(H,36,37)(H2,22,23,24)(H,27,28,33)/t8-,9-,12+,13?,14+,15?,20-,21-/m1/s1. The third kappa shape index (κ3) is 5.37. The molecule has 7 heterocycles. The normalized spacial score (nSPS) is 37.7. The van der Waals surface area contributed by atoms with Gasteiger partial charge in [0.05, 0.1) is 25.9 Å².